The molecule has 0 spiro atoms. The molecule has 2 aliphatic rings. The Labute approximate surface area is 168 Å². The predicted molar refractivity (Wildman–Crippen MR) is 116 cm³/mol. The minimum absolute atomic E-state index is 0.0491. The summed E-state index contributed by atoms with van der Waals surface area (Å²) in [6.07, 6.45) is 2.44. The summed E-state index contributed by atoms with van der Waals surface area (Å²) in [6.45, 7) is 19.3. The third-order valence-electron chi connectivity index (χ3n) is 5.54. The number of carbonyl (C=O) groups is 1. The molecule has 0 N–H and O–H groups in total. The number of nitrogens with zero attached hydrogens (tertiary/aromatic N) is 1. The number of thioether (sulfide) groups is 1. The quantitative estimate of drug-likeness (QED) is 0.252. The maximum Gasteiger partial charge on any atom is 0.236 e. The SMILES string of the molecule is C=CCOC(=S)C1=C(C)S[C@@H]2[C@H]([C@H](CC)O[Si](C)(C)C(C)(C)C)C(=O)N12. The van der Waals surface area contributed by atoms with E-state index < -0.39 is 8.32 Å². The summed E-state index contributed by atoms with van der Waals surface area (Å²) in [4.78, 5) is 15.8. The number of carbonyl (C=O) groups excluding carboxylic acids is 1. The monoisotopic (exact) mass is 413 g/mol. The third-order valence-corrected chi connectivity index (χ3v) is 11.6. The molecule has 4 nitrogen and oxygen atoms in total. The molecule has 2 heterocycles. The zero-order chi connectivity index (χ0) is 19.9. The molecule has 3 atom stereocenters. The van der Waals surface area contributed by atoms with Gasteiger partial charge in [0.1, 0.15) is 17.7 Å². The Morgan fingerprint density at radius 1 is 1.46 bits per heavy atom. The predicted octanol–water partition coefficient (Wildman–Crippen LogP) is 5.08. The molecule has 0 unspecified atom stereocenters. The Morgan fingerprint density at radius 2 is 2.08 bits per heavy atom. The summed E-state index contributed by atoms with van der Waals surface area (Å²) >= 11 is 7.08. The number of allylic oxidation sites excluding steroid dienone is 1. The Hall–Kier alpha value is -0.633. The van der Waals surface area contributed by atoms with Gasteiger partial charge in [-0.25, -0.2) is 0 Å². The Morgan fingerprint density at radius 3 is 2.58 bits per heavy atom. The number of β-lactam (4-membered cyclic amide) rings is 1. The Balaban J connectivity index is 2.15. The van der Waals surface area contributed by atoms with Gasteiger partial charge in [-0.1, -0.05) is 40.3 Å². The molecule has 0 aromatic heterocycles. The van der Waals surface area contributed by atoms with E-state index in [1.165, 1.54) is 0 Å². The van der Waals surface area contributed by atoms with Crippen molar-refractivity contribution in [1.29, 1.82) is 0 Å². The second kappa shape index (κ2) is 7.77. The van der Waals surface area contributed by atoms with E-state index in [9.17, 15) is 4.79 Å². The molecule has 2 aliphatic heterocycles. The molecular weight excluding hydrogens is 382 g/mol. The molecule has 26 heavy (non-hydrogen) atoms. The van der Waals surface area contributed by atoms with Crippen LogP contribution in [0.15, 0.2) is 23.3 Å². The fourth-order valence-electron chi connectivity index (χ4n) is 3.01. The summed E-state index contributed by atoms with van der Waals surface area (Å²) in [5.41, 5.74) is 0.750. The highest BCUT2D eigenvalue weighted by Gasteiger charge is 2.58. The van der Waals surface area contributed by atoms with Crippen LogP contribution in [0.1, 0.15) is 41.0 Å². The van der Waals surface area contributed by atoms with Crippen LogP contribution < -0.4 is 0 Å². The van der Waals surface area contributed by atoms with E-state index in [1.807, 2.05) is 6.92 Å². The van der Waals surface area contributed by atoms with Crippen LogP contribution in [0.25, 0.3) is 0 Å². The normalized spacial score (nSPS) is 24.3. The van der Waals surface area contributed by atoms with Crippen molar-refractivity contribution in [2.75, 3.05) is 6.61 Å². The number of hydrogen-bond acceptors (Lipinski definition) is 5. The molecule has 1 amide bonds. The fraction of sp³-hybridized carbons (Fsp3) is 0.684. The molecule has 0 radical (unpaired) electrons. The van der Waals surface area contributed by atoms with Crippen LogP contribution in [0.2, 0.25) is 18.1 Å². The standard InChI is InChI=1S/C19H31NO3S2Si/c1-9-11-22-18(24)15-12(3)25-17-14(16(21)20(15)17)13(10-2)23-26(7,8)19(4,5)6/h9,13-14,17H,1,10-11H2,2-8H3/t13-,14+,17+/m0/s1. The van der Waals surface area contributed by atoms with E-state index in [1.54, 1.807) is 22.7 Å². The van der Waals surface area contributed by atoms with Crippen molar-refractivity contribution in [2.24, 2.45) is 5.92 Å². The highest BCUT2D eigenvalue weighted by atomic mass is 32.2. The minimum Gasteiger partial charge on any atom is -0.478 e. The van der Waals surface area contributed by atoms with E-state index in [4.69, 9.17) is 21.4 Å². The maximum atomic E-state index is 13.0. The van der Waals surface area contributed by atoms with Gasteiger partial charge in [-0.2, -0.15) is 0 Å². The van der Waals surface area contributed by atoms with Crippen molar-refractivity contribution >= 4 is 43.3 Å². The van der Waals surface area contributed by atoms with E-state index in [0.29, 0.717) is 11.7 Å². The largest absolute Gasteiger partial charge is 0.478 e. The highest BCUT2D eigenvalue weighted by Crippen LogP contribution is 2.52. The molecule has 146 valence electrons. The zero-order valence-electron chi connectivity index (χ0n) is 16.9. The molecule has 0 bridgehead atoms. The summed E-state index contributed by atoms with van der Waals surface area (Å²) in [6, 6.07) is 0. The first-order chi connectivity index (χ1) is 12.0. The van der Waals surface area contributed by atoms with Crippen LogP contribution in [-0.4, -0.2) is 42.3 Å². The van der Waals surface area contributed by atoms with Gasteiger partial charge < -0.3 is 9.16 Å². The van der Waals surface area contributed by atoms with Gasteiger partial charge in [0.05, 0.1) is 12.0 Å². The van der Waals surface area contributed by atoms with Crippen molar-refractivity contribution < 1.29 is 14.0 Å². The van der Waals surface area contributed by atoms with Crippen LogP contribution in [0.4, 0.5) is 0 Å². The van der Waals surface area contributed by atoms with Crippen LogP contribution >= 0.6 is 24.0 Å². The van der Waals surface area contributed by atoms with Gasteiger partial charge in [-0.05, 0) is 43.7 Å². The van der Waals surface area contributed by atoms with Crippen LogP contribution in [0, 0.1) is 5.92 Å². The van der Waals surface area contributed by atoms with Crippen molar-refractivity contribution in [3.05, 3.63) is 23.3 Å². The smallest absolute Gasteiger partial charge is 0.236 e. The lowest BCUT2D eigenvalue weighted by Gasteiger charge is -2.49. The third kappa shape index (κ3) is 3.81. The first-order valence-electron chi connectivity index (χ1n) is 9.12. The average Bonchev–Trinajstić information content (AvgIpc) is 2.83. The van der Waals surface area contributed by atoms with E-state index in [-0.39, 0.29) is 28.3 Å². The summed E-state index contributed by atoms with van der Waals surface area (Å²) < 4.78 is 12.1. The molecule has 0 aromatic rings. The summed E-state index contributed by atoms with van der Waals surface area (Å²) in [5, 5.41) is 0.565. The minimum atomic E-state index is -1.94. The zero-order valence-corrected chi connectivity index (χ0v) is 19.6. The number of amides is 1. The molecule has 0 aromatic carbocycles. The Bertz CT molecular complexity index is 639. The molecule has 0 saturated carbocycles. The van der Waals surface area contributed by atoms with Gasteiger partial charge in [0.15, 0.2) is 8.32 Å². The maximum absolute atomic E-state index is 13.0. The molecule has 1 saturated heterocycles. The lowest BCUT2D eigenvalue weighted by atomic mass is 9.90. The first-order valence-corrected chi connectivity index (χ1v) is 13.3. The number of hydrogen-bond donors (Lipinski definition) is 0. The van der Waals surface area contributed by atoms with Gasteiger partial charge in [0, 0.05) is 4.91 Å². The number of fused-ring (bicyclic) bond motifs is 1. The van der Waals surface area contributed by atoms with Crippen molar-refractivity contribution in [1.82, 2.24) is 4.90 Å². The molecule has 2 rings (SSSR count). The van der Waals surface area contributed by atoms with E-state index in [2.05, 4.69) is 47.4 Å². The molecule has 7 heteroatoms. The van der Waals surface area contributed by atoms with Gasteiger partial charge in [-0.15, -0.1) is 11.8 Å². The lowest BCUT2D eigenvalue weighted by molar-refractivity contribution is -0.152. The van der Waals surface area contributed by atoms with Crippen molar-refractivity contribution in [3.8, 4) is 0 Å². The molecular formula is C19H31NO3S2Si. The van der Waals surface area contributed by atoms with Crippen LogP contribution in [0.3, 0.4) is 0 Å². The number of thiocarbonyl (C=S) groups is 1. The van der Waals surface area contributed by atoms with Crippen LogP contribution in [-0.2, 0) is 14.0 Å². The van der Waals surface area contributed by atoms with E-state index in [0.717, 1.165) is 17.0 Å². The Kier molecular flexibility index (Phi) is 6.48. The highest BCUT2D eigenvalue weighted by molar-refractivity contribution is 8.04. The van der Waals surface area contributed by atoms with Gasteiger partial charge in [0.2, 0.25) is 11.0 Å². The summed E-state index contributed by atoms with van der Waals surface area (Å²) in [5.74, 6) is -0.0155. The van der Waals surface area contributed by atoms with Crippen LogP contribution in [0.5, 0.6) is 0 Å². The number of rotatable bonds is 7. The topological polar surface area (TPSA) is 38.8 Å². The molecule has 0 aliphatic carbocycles. The second-order valence-electron chi connectivity index (χ2n) is 8.36. The summed E-state index contributed by atoms with van der Waals surface area (Å²) in [7, 11) is -1.94. The van der Waals surface area contributed by atoms with Gasteiger partial charge in [-0.3, -0.25) is 9.69 Å². The average molecular weight is 414 g/mol. The van der Waals surface area contributed by atoms with Crippen molar-refractivity contribution in [3.63, 3.8) is 0 Å². The van der Waals surface area contributed by atoms with Gasteiger partial charge in [0.25, 0.3) is 0 Å². The number of ether oxygens (including phenoxy) is 1. The fourth-order valence-corrected chi connectivity index (χ4v) is 6.24. The molecule has 1 fully saturated rings. The van der Waals surface area contributed by atoms with Crippen molar-refractivity contribution in [2.45, 2.75) is 70.6 Å². The first kappa shape index (κ1) is 21.7. The lowest BCUT2D eigenvalue weighted by Crippen LogP contribution is -2.63. The second-order valence-corrected chi connectivity index (χ2v) is 14.8. The van der Waals surface area contributed by atoms with E-state index >= 15 is 0 Å². The van der Waals surface area contributed by atoms with Gasteiger partial charge >= 0.3 is 0 Å².